The van der Waals surface area contributed by atoms with Crippen LogP contribution in [0.5, 0.6) is 0 Å². The highest BCUT2D eigenvalue weighted by molar-refractivity contribution is 5.76. The Balaban J connectivity index is 1.54. The van der Waals surface area contributed by atoms with Gasteiger partial charge in [-0.1, -0.05) is 32.0 Å². The first-order valence-electron chi connectivity index (χ1n) is 9.37. The summed E-state index contributed by atoms with van der Waals surface area (Å²) < 4.78 is 0. The summed E-state index contributed by atoms with van der Waals surface area (Å²) in [6.07, 6.45) is 4.79. The summed E-state index contributed by atoms with van der Waals surface area (Å²) in [5.41, 5.74) is 7.73. The number of carbonyl (C=O) groups is 1. The molecule has 0 radical (unpaired) electrons. The number of nitrogens with one attached hydrogen (secondary N) is 1. The van der Waals surface area contributed by atoms with Crippen LogP contribution < -0.4 is 11.1 Å². The van der Waals surface area contributed by atoms with E-state index in [1.807, 2.05) is 24.3 Å². The number of hydrogen-bond donors (Lipinski definition) is 2. The van der Waals surface area contributed by atoms with Gasteiger partial charge < -0.3 is 16.0 Å². The third-order valence-corrected chi connectivity index (χ3v) is 4.84. The lowest BCUT2D eigenvalue weighted by Gasteiger charge is -2.34. The molecule has 1 aliphatic heterocycles. The minimum absolute atomic E-state index is 0.124. The molecule has 4 heteroatoms. The van der Waals surface area contributed by atoms with Crippen LogP contribution >= 0.6 is 0 Å². The van der Waals surface area contributed by atoms with Gasteiger partial charge in [-0.25, -0.2) is 0 Å². The highest BCUT2D eigenvalue weighted by Crippen LogP contribution is 2.21. The maximum absolute atomic E-state index is 11.9. The molecule has 0 saturated carbocycles. The predicted octanol–water partition coefficient (Wildman–Crippen LogP) is 3.08. The highest BCUT2D eigenvalue weighted by Gasteiger charge is 2.20. The van der Waals surface area contributed by atoms with E-state index in [0.717, 1.165) is 49.0 Å². The van der Waals surface area contributed by atoms with Crippen molar-refractivity contribution < 1.29 is 4.79 Å². The molecule has 0 aromatic heterocycles. The molecule has 2 unspecified atom stereocenters. The minimum Gasteiger partial charge on any atom is -0.399 e. The van der Waals surface area contributed by atoms with Gasteiger partial charge in [0.25, 0.3) is 0 Å². The van der Waals surface area contributed by atoms with Gasteiger partial charge in [0.15, 0.2) is 0 Å². The Labute approximate surface area is 146 Å². The van der Waals surface area contributed by atoms with Crippen LogP contribution in [0.1, 0.15) is 45.1 Å². The monoisotopic (exact) mass is 331 g/mol. The van der Waals surface area contributed by atoms with Gasteiger partial charge in [0.2, 0.25) is 5.91 Å². The number of rotatable bonds is 8. The summed E-state index contributed by atoms with van der Waals surface area (Å²) >= 11 is 0. The number of aryl methyl sites for hydroxylation is 1. The Kier molecular flexibility index (Phi) is 7.57. The van der Waals surface area contributed by atoms with E-state index in [-0.39, 0.29) is 5.91 Å². The van der Waals surface area contributed by atoms with Crippen molar-refractivity contribution in [3.63, 3.8) is 0 Å². The molecule has 0 bridgehead atoms. The van der Waals surface area contributed by atoms with E-state index in [0.29, 0.717) is 12.8 Å². The van der Waals surface area contributed by atoms with Gasteiger partial charge in [-0.05, 0) is 55.7 Å². The van der Waals surface area contributed by atoms with E-state index < -0.39 is 0 Å². The van der Waals surface area contributed by atoms with Gasteiger partial charge in [-0.15, -0.1) is 0 Å². The van der Waals surface area contributed by atoms with Crippen LogP contribution in [-0.2, 0) is 11.2 Å². The number of nitrogens with two attached hydrogens (primary N) is 1. The van der Waals surface area contributed by atoms with Gasteiger partial charge in [-0.2, -0.15) is 0 Å². The molecule has 1 aliphatic rings. The lowest BCUT2D eigenvalue weighted by Crippen LogP contribution is -2.39. The molecule has 4 nitrogen and oxygen atoms in total. The number of hydrogen-bond acceptors (Lipinski definition) is 3. The fourth-order valence-electron chi connectivity index (χ4n) is 3.76. The Morgan fingerprint density at radius 1 is 1.21 bits per heavy atom. The van der Waals surface area contributed by atoms with E-state index >= 15 is 0 Å². The molecular formula is C20H33N3O. The van der Waals surface area contributed by atoms with Gasteiger partial charge in [-0.3, -0.25) is 4.79 Å². The van der Waals surface area contributed by atoms with Crippen LogP contribution in [0, 0.1) is 11.8 Å². The second-order valence-electron chi connectivity index (χ2n) is 7.46. The first-order valence-corrected chi connectivity index (χ1v) is 9.37. The number of benzene rings is 1. The van der Waals surface area contributed by atoms with Crippen molar-refractivity contribution in [2.45, 2.75) is 46.0 Å². The number of likely N-dealkylation sites (tertiary alicyclic amines) is 1. The fourth-order valence-corrected chi connectivity index (χ4v) is 3.76. The topological polar surface area (TPSA) is 58.4 Å². The lowest BCUT2D eigenvalue weighted by atomic mass is 9.92. The molecule has 1 aromatic carbocycles. The average Bonchev–Trinajstić information content (AvgIpc) is 2.53. The van der Waals surface area contributed by atoms with E-state index in [1.165, 1.54) is 19.5 Å². The number of carbonyl (C=O) groups excluding carboxylic acids is 1. The predicted molar refractivity (Wildman–Crippen MR) is 101 cm³/mol. The van der Waals surface area contributed by atoms with Crippen LogP contribution in [0.3, 0.4) is 0 Å². The van der Waals surface area contributed by atoms with Crippen molar-refractivity contribution in [1.82, 2.24) is 10.2 Å². The van der Waals surface area contributed by atoms with Crippen LogP contribution in [0.4, 0.5) is 5.69 Å². The third kappa shape index (κ3) is 6.52. The zero-order valence-corrected chi connectivity index (χ0v) is 15.3. The highest BCUT2D eigenvalue weighted by atomic mass is 16.1. The zero-order chi connectivity index (χ0) is 17.4. The average molecular weight is 332 g/mol. The summed E-state index contributed by atoms with van der Waals surface area (Å²) in [5, 5.41) is 3.03. The largest absolute Gasteiger partial charge is 0.399 e. The molecule has 1 fully saturated rings. The molecule has 2 atom stereocenters. The maximum Gasteiger partial charge on any atom is 0.220 e. The molecule has 24 heavy (non-hydrogen) atoms. The maximum atomic E-state index is 11.9. The summed E-state index contributed by atoms with van der Waals surface area (Å²) in [6, 6.07) is 7.76. The minimum atomic E-state index is 0.124. The molecule has 2 rings (SSSR count). The molecule has 1 aromatic rings. The second-order valence-corrected chi connectivity index (χ2v) is 7.46. The molecule has 1 amide bonds. The van der Waals surface area contributed by atoms with Crippen molar-refractivity contribution in [1.29, 1.82) is 0 Å². The summed E-state index contributed by atoms with van der Waals surface area (Å²) in [7, 11) is 0. The van der Waals surface area contributed by atoms with Crippen LogP contribution in [-0.4, -0.2) is 37.0 Å². The summed E-state index contributed by atoms with van der Waals surface area (Å²) in [6.45, 7) is 9.10. The van der Waals surface area contributed by atoms with Crippen molar-refractivity contribution in [3.8, 4) is 0 Å². The lowest BCUT2D eigenvalue weighted by molar-refractivity contribution is -0.121. The number of anilines is 1. The molecule has 3 N–H and O–H groups in total. The third-order valence-electron chi connectivity index (χ3n) is 4.84. The SMILES string of the molecule is CC1CC(C)CN(CCCCNC(=O)CCc2ccccc2N)C1. The molecule has 1 saturated heterocycles. The van der Waals surface area contributed by atoms with Crippen LogP contribution in [0.25, 0.3) is 0 Å². The Bertz CT molecular complexity index is 507. The van der Waals surface area contributed by atoms with Crippen LogP contribution in [0.15, 0.2) is 24.3 Å². The van der Waals surface area contributed by atoms with Gasteiger partial charge in [0, 0.05) is 31.7 Å². The standard InChI is InChI=1S/C20H33N3O/c1-16-13-17(2)15-23(14-16)12-6-5-11-22-20(24)10-9-18-7-3-4-8-19(18)21/h3-4,7-8,16-17H,5-6,9-15,21H2,1-2H3,(H,22,24). The zero-order valence-electron chi connectivity index (χ0n) is 15.3. The summed E-state index contributed by atoms with van der Waals surface area (Å²) in [5.74, 6) is 1.76. The molecule has 134 valence electrons. The van der Waals surface area contributed by atoms with Gasteiger partial charge in [0.05, 0.1) is 0 Å². The van der Waals surface area contributed by atoms with Crippen molar-refractivity contribution in [2.24, 2.45) is 11.8 Å². The Hall–Kier alpha value is -1.55. The van der Waals surface area contributed by atoms with Crippen molar-refractivity contribution in [2.75, 3.05) is 31.9 Å². The van der Waals surface area contributed by atoms with Crippen molar-refractivity contribution >= 4 is 11.6 Å². The number of nitrogen functional groups attached to an aromatic ring is 1. The number of para-hydroxylation sites is 1. The Morgan fingerprint density at radius 3 is 2.62 bits per heavy atom. The van der Waals surface area contributed by atoms with E-state index in [1.54, 1.807) is 0 Å². The van der Waals surface area contributed by atoms with E-state index in [4.69, 9.17) is 5.73 Å². The number of unbranched alkanes of at least 4 members (excludes halogenated alkanes) is 1. The molecule has 0 spiro atoms. The fraction of sp³-hybridized carbons (Fsp3) is 0.650. The van der Waals surface area contributed by atoms with Gasteiger partial charge in [0.1, 0.15) is 0 Å². The van der Waals surface area contributed by atoms with Crippen molar-refractivity contribution in [3.05, 3.63) is 29.8 Å². The Morgan fingerprint density at radius 2 is 1.92 bits per heavy atom. The quantitative estimate of drug-likeness (QED) is 0.568. The number of nitrogens with zero attached hydrogens (tertiary/aromatic N) is 1. The molecule has 0 aliphatic carbocycles. The molecule has 1 heterocycles. The summed E-state index contributed by atoms with van der Waals surface area (Å²) in [4.78, 5) is 14.5. The van der Waals surface area contributed by atoms with Crippen LogP contribution in [0.2, 0.25) is 0 Å². The van der Waals surface area contributed by atoms with E-state index in [2.05, 4.69) is 24.1 Å². The number of amides is 1. The molecular weight excluding hydrogens is 298 g/mol. The number of piperidine rings is 1. The van der Waals surface area contributed by atoms with E-state index in [9.17, 15) is 4.79 Å². The smallest absolute Gasteiger partial charge is 0.220 e. The van der Waals surface area contributed by atoms with Gasteiger partial charge >= 0.3 is 0 Å². The first kappa shape index (κ1) is 18.8. The first-order chi connectivity index (χ1) is 11.5. The second kappa shape index (κ2) is 9.67. The normalized spacial score (nSPS) is 21.6.